The van der Waals surface area contributed by atoms with Gasteiger partial charge in [0.1, 0.15) is 24.2 Å². The second-order valence-corrected chi connectivity index (χ2v) is 13.0. The summed E-state index contributed by atoms with van der Waals surface area (Å²) in [6.07, 6.45) is 12.3. The first-order valence-corrected chi connectivity index (χ1v) is 18.5. The first-order chi connectivity index (χ1) is 25.5. The lowest BCUT2D eigenvalue weighted by atomic mass is 9.82. The van der Waals surface area contributed by atoms with Gasteiger partial charge >= 0.3 is 11.9 Å². The van der Waals surface area contributed by atoms with Crippen molar-refractivity contribution in [3.05, 3.63) is 72.3 Å². The Morgan fingerprint density at radius 2 is 1.53 bits per heavy atom. The van der Waals surface area contributed by atoms with Gasteiger partial charge < -0.3 is 30.3 Å². The minimum absolute atomic E-state index is 0.00868. The van der Waals surface area contributed by atoms with Crippen molar-refractivity contribution in [1.29, 1.82) is 0 Å². The van der Waals surface area contributed by atoms with Gasteiger partial charge in [-0.2, -0.15) is 0 Å². The zero-order valence-electron chi connectivity index (χ0n) is 31.4. The largest absolute Gasteiger partial charge is 0.481 e. The van der Waals surface area contributed by atoms with Crippen molar-refractivity contribution in [2.75, 3.05) is 19.0 Å². The monoisotopic (exact) mass is 732 g/mol. The van der Waals surface area contributed by atoms with Crippen LogP contribution >= 0.6 is 0 Å². The summed E-state index contributed by atoms with van der Waals surface area (Å²) in [6.45, 7) is 4.07. The molecule has 3 atom stereocenters. The molecule has 0 aliphatic heterocycles. The highest BCUT2D eigenvalue weighted by Crippen LogP contribution is 2.27. The number of aliphatic carboxylic acids is 1. The number of nitrogens with one attached hydrogen (secondary N) is 2. The predicted octanol–water partition coefficient (Wildman–Crippen LogP) is 6.58. The predicted molar refractivity (Wildman–Crippen MR) is 204 cm³/mol. The van der Waals surface area contributed by atoms with E-state index in [1.54, 1.807) is 67.6 Å². The molecule has 2 aromatic carbocycles. The van der Waals surface area contributed by atoms with Gasteiger partial charge in [0, 0.05) is 24.9 Å². The molecule has 0 aromatic heterocycles. The lowest BCUT2D eigenvalue weighted by molar-refractivity contribution is -0.169. The number of anilines is 1. The number of carbonyl (C=O) groups excluding carboxylic acids is 4. The zero-order valence-corrected chi connectivity index (χ0v) is 31.4. The Labute approximate surface area is 313 Å². The number of ether oxygens (including phenoxy) is 2. The average Bonchev–Trinajstić information content (AvgIpc) is 3.14. The SMILES string of the molecule is CC#CCOc1ccc(C[C@H](NC(=O)[C@@H](/C=C/CCCCCCC(=O)CCCCCCC)[C@@](O)(CC(=O)Nc2ccccc2)C(=O)O)C(=O)OC)cc1. The van der Waals surface area contributed by atoms with Crippen molar-refractivity contribution in [1.82, 2.24) is 5.32 Å². The molecule has 0 aliphatic carbocycles. The van der Waals surface area contributed by atoms with E-state index in [2.05, 4.69) is 29.4 Å². The molecule has 0 unspecified atom stereocenters. The fourth-order valence-corrected chi connectivity index (χ4v) is 5.72. The van der Waals surface area contributed by atoms with Gasteiger partial charge in [-0.3, -0.25) is 14.4 Å². The number of ketones is 1. The Morgan fingerprint density at radius 1 is 0.887 bits per heavy atom. The van der Waals surface area contributed by atoms with Crippen molar-refractivity contribution in [3.63, 3.8) is 0 Å². The maximum absolute atomic E-state index is 13.9. The number of para-hydroxylation sites is 1. The standard InChI is InChI=1S/C42H56N2O9/c1-4-6-8-11-17-22-34(45)23-18-12-9-10-13-19-24-36(42(51,41(49)50)31-38(46)43-33-20-15-14-16-21-33)39(47)44-37(40(48)52-3)30-32-25-27-35(28-26-32)53-29-7-5-2/h14-16,19-21,24-28,36-37,51H,4,6,8-13,17-18,22-23,29-31H2,1-3H3,(H,43,46)(H,44,47)(H,49,50)/b24-19+/t36-,37+,42+/m1/s1. The molecule has 11 nitrogen and oxygen atoms in total. The quantitative estimate of drug-likeness (QED) is 0.0362. The van der Waals surface area contributed by atoms with Crippen LogP contribution in [0.4, 0.5) is 5.69 Å². The number of allylic oxidation sites excluding steroid dienone is 1. The van der Waals surface area contributed by atoms with E-state index in [1.807, 2.05) is 0 Å². The highest BCUT2D eigenvalue weighted by atomic mass is 16.5. The summed E-state index contributed by atoms with van der Waals surface area (Å²) >= 11 is 0. The van der Waals surface area contributed by atoms with Gasteiger partial charge in [0.05, 0.1) is 19.4 Å². The minimum Gasteiger partial charge on any atom is -0.481 e. The Bertz CT molecular complexity index is 1530. The topological polar surface area (TPSA) is 168 Å². The Balaban J connectivity index is 2.16. The van der Waals surface area contributed by atoms with Crippen LogP contribution in [0.1, 0.15) is 103 Å². The smallest absolute Gasteiger partial charge is 0.337 e. The molecule has 0 spiro atoms. The van der Waals surface area contributed by atoms with E-state index in [9.17, 15) is 34.2 Å². The van der Waals surface area contributed by atoms with E-state index in [0.29, 0.717) is 42.7 Å². The summed E-state index contributed by atoms with van der Waals surface area (Å²) in [5.41, 5.74) is -1.83. The van der Waals surface area contributed by atoms with Crippen molar-refractivity contribution < 1.29 is 43.7 Å². The van der Waals surface area contributed by atoms with E-state index in [4.69, 9.17) is 9.47 Å². The lowest BCUT2D eigenvalue weighted by Crippen LogP contribution is -2.56. The molecule has 0 saturated carbocycles. The highest BCUT2D eigenvalue weighted by molar-refractivity contribution is 5.99. The number of esters is 1. The molecule has 288 valence electrons. The normalized spacial score (nSPS) is 13.1. The molecule has 0 fully saturated rings. The summed E-state index contributed by atoms with van der Waals surface area (Å²) in [4.78, 5) is 64.5. The molecule has 2 aromatic rings. The van der Waals surface area contributed by atoms with Gasteiger partial charge in [-0.05, 0) is 62.4 Å². The first-order valence-electron chi connectivity index (χ1n) is 18.5. The van der Waals surface area contributed by atoms with Crippen LogP contribution in [0.3, 0.4) is 0 Å². The number of aliphatic hydroxyl groups is 1. The van der Waals surface area contributed by atoms with E-state index < -0.39 is 47.7 Å². The number of methoxy groups -OCH3 is 1. The number of carbonyl (C=O) groups is 5. The Morgan fingerprint density at radius 3 is 2.13 bits per heavy atom. The first kappa shape index (κ1) is 44.2. The second-order valence-electron chi connectivity index (χ2n) is 13.0. The van der Waals surface area contributed by atoms with Crippen LogP contribution in [0, 0.1) is 17.8 Å². The number of benzene rings is 2. The molecule has 0 bridgehead atoms. The van der Waals surface area contributed by atoms with Crippen LogP contribution < -0.4 is 15.4 Å². The zero-order chi connectivity index (χ0) is 38.9. The molecule has 0 saturated heterocycles. The van der Waals surface area contributed by atoms with Gasteiger partial charge in [-0.25, -0.2) is 9.59 Å². The van der Waals surface area contributed by atoms with Crippen molar-refractivity contribution in [3.8, 4) is 17.6 Å². The third-order valence-electron chi connectivity index (χ3n) is 8.77. The summed E-state index contributed by atoms with van der Waals surface area (Å²) in [6, 6.07) is 13.9. The maximum Gasteiger partial charge on any atom is 0.337 e. The molecule has 53 heavy (non-hydrogen) atoms. The van der Waals surface area contributed by atoms with E-state index in [1.165, 1.54) is 18.9 Å². The van der Waals surface area contributed by atoms with Gasteiger partial charge in [-0.15, -0.1) is 5.92 Å². The maximum atomic E-state index is 13.9. The number of Topliss-reactive ketones (excluding diaryl/α,β-unsaturated/α-hetero) is 1. The Hall–Kier alpha value is -4.95. The number of hydrogen-bond acceptors (Lipinski definition) is 8. The van der Waals surface area contributed by atoms with Crippen molar-refractivity contribution in [2.24, 2.45) is 5.92 Å². The van der Waals surface area contributed by atoms with E-state index in [-0.39, 0.29) is 18.8 Å². The number of amides is 2. The molecule has 2 amide bonds. The van der Waals surface area contributed by atoms with Gasteiger partial charge in [0.25, 0.3) is 0 Å². The molecule has 0 aliphatic rings. The molecule has 0 heterocycles. The third kappa shape index (κ3) is 17.0. The highest BCUT2D eigenvalue weighted by Gasteiger charge is 2.49. The summed E-state index contributed by atoms with van der Waals surface area (Å²) in [5, 5.41) is 26.9. The van der Waals surface area contributed by atoms with Gasteiger partial charge in [-0.1, -0.05) is 93.9 Å². The molecule has 2 rings (SSSR count). The number of carboxylic acids is 1. The number of carboxylic acid groups (broad SMARTS) is 1. The summed E-state index contributed by atoms with van der Waals surface area (Å²) < 4.78 is 10.5. The Kier molecular flexibility index (Phi) is 20.9. The molecule has 4 N–H and O–H groups in total. The molecular weight excluding hydrogens is 676 g/mol. The van der Waals surface area contributed by atoms with E-state index in [0.717, 1.165) is 45.6 Å². The van der Waals surface area contributed by atoms with Crippen LogP contribution in [-0.4, -0.2) is 65.1 Å². The van der Waals surface area contributed by atoms with Gasteiger partial charge in [0.15, 0.2) is 5.60 Å². The molecule has 11 heteroatoms. The minimum atomic E-state index is -2.86. The molecular formula is C42H56N2O9. The van der Waals surface area contributed by atoms with Crippen LogP contribution in [0.2, 0.25) is 0 Å². The number of unbranched alkanes of at least 4 members (excludes halogenated alkanes) is 8. The summed E-state index contributed by atoms with van der Waals surface area (Å²) in [5.74, 6) is 0.280. The second kappa shape index (κ2) is 25.1. The van der Waals surface area contributed by atoms with Crippen molar-refractivity contribution in [2.45, 2.75) is 115 Å². The fraction of sp³-hybridized carbons (Fsp3) is 0.500. The number of hydrogen-bond donors (Lipinski definition) is 4. The van der Waals surface area contributed by atoms with Crippen LogP contribution in [-0.2, 0) is 35.1 Å². The third-order valence-corrected chi connectivity index (χ3v) is 8.77. The van der Waals surface area contributed by atoms with Crippen molar-refractivity contribution >= 4 is 35.2 Å². The average molecular weight is 733 g/mol. The van der Waals surface area contributed by atoms with Gasteiger partial charge in [0.2, 0.25) is 11.8 Å². The van der Waals surface area contributed by atoms with E-state index >= 15 is 0 Å². The summed E-state index contributed by atoms with van der Waals surface area (Å²) in [7, 11) is 1.16. The fourth-order valence-electron chi connectivity index (χ4n) is 5.72. The molecule has 0 radical (unpaired) electrons. The lowest BCUT2D eigenvalue weighted by Gasteiger charge is -2.30. The van der Waals surface area contributed by atoms with Crippen LogP contribution in [0.15, 0.2) is 66.7 Å². The van der Waals surface area contributed by atoms with Crippen LogP contribution in [0.5, 0.6) is 5.75 Å². The number of rotatable bonds is 26. The van der Waals surface area contributed by atoms with Crippen LogP contribution in [0.25, 0.3) is 0 Å².